The van der Waals surface area contributed by atoms with Crippen LogP contribution in [-0.2, 0) is 0 Å². The van der Waals surface area contributed by atoms with Crippen LogP contribution in [-0.4, -0.2) is 31.1 Å². The summed E-state index contributed by atoms with van der Waals surface area (Å²) in [6.07, 6.45) is 11.9. The van der Waals surface area contributed by atoms with E-state index in [1.165, 1.54) is 71.0 Å². The highest BCUT2D eigenvalue weighted by Crippen LogP contribution is 2.35. The summed E-state index contributed by atoms with van der Waals surface area (Å²) >= 11 is 6.94. The zero-order chi connectivity index (χ0) is 26.8. The van der Waals surface area contributed by atoms with Gasteiger partial charge in [0.05, 0.1) is 11.6 Å². The fraction of sp³-hybridized carbons (Fsp3) is 0.429. The molecule has 0 radical (unpaired) electrons. The molecule has 3 rings (SSSR count). The maximum absolute atomic E-state index is 6.94. The van der Waals surface area contributed by atoms with E-state index in [1.807, 2.05) is 24.3 Å². The Morgan fingerprint density at radius 3 is 1.61 bits per heavy atom. The van der Waals surface area contributed by atoms with Crippen molar-refractivity contribution < 1.29 is 4.74 Å². The monoisotopic (exact) mass is 531 g/mol. The molecule has 0 aliphatic heterocycles. The van der Waals surface area contributed by atoms with Crippen LogP contribution in [0.1, 0.15) is 88.3 Å². The van der Waals surface area contributed by atoms with Gasteiger partial charge in [0.1, 0.15) is 5.75 Å². The minimum absolute atomic E-state index is 0.755. The molecular formula is C35H46ClNO. The quantitative estimate of drug-likeness (QED) is 0.119. The highest BCUT2D eigenvalue weighted by Gasteiger charge is 2.12. The molecule has 0 unspecified atom stereocenters. The predicted octanol–water partition coefficient (Wildman–Crippen LogP) is 10.1. The van der Waals surface area contributed by atoms with Crippen LogP contribution in [0.4, 0.5) is 0 Å². The van der Waals surface area contributed by atoms with E-state index >= 15 is 0 Å². The maximum Gasteiger partial charge on any atom is 0.119 e. The largest absolute Gasteiger partial charge is 0.494 e. The molecule has 0 saturated heterocycles. The van der Waals surface area contributed by atoms with Crippen LogP contribution in [0.25, 0.3) is 10.6 Å². The number of unbranched alkanes of at least 4 members (excludes halogenated alkanes) is 8. The smallest absolute Gasteiger partial charge is 0.119 e. The molecule has 0 saturated carbocycles. The van der Waals surface area contributed by atoms with E-state index in [9.17, 15) is 0 Å². The lowest BCUT2D eigenvalue weighted by Gasteiger charge is -2.17. The van der Waals surface area contributed by atoms with Crippen molar-refractivity contribution in [2.45, 2.75) is 71.6 Å². The lowest BCUT2D eigenvalue weighted by molar-refractivity contribution is 0.295. The van der Waals surface area contributed by atoms with Crippen molar-refractivity contribution in [2.75, 3.05) is 26.2 Å². The van der Waals surface area contributed by atoms with E-state index < -0.39 is 0 Å². The second kappa shape index (κ2) is 17.9. The summed E-state index contributed by atoms with van der Waals surface area (Å²) in [4.78, 5) is 2.52. The molecule has 0 fully saturated rings. The van der Waals surface area contributed by atoms with Crippen molar-refractivity contribution in [3.8, 4) is 5.75 Å². The minimum atomic E-state index is 0.755. The Balaban J connectivity index is 1.38. The Bertz CT molecular complexity index is 1040. The number of benzene rings is 3. The molecule has 0 aliphatic carbocycles. The highest BCUT2D eigenvalue weighted by molar-refractivity contribution is 6.53. The number of rotatable bonds is 18. The van der Waals surface area contributed by atoms with Gasteiger partial charge in [0.2, 0.25) is 0 Å². The second-order valence-electron chi connectivity index (χ2n) is 10.0. The van der Waals surface area contributed by atoms with Crippen LogP contribution in [0.2, 0.25) is 0 Å². The normalized spacial score (nSPS) is 12.0. The van der Waals surface area contributed by atoms with Gasteiger partial charge in [-0.3, -0.25) is 0 Å². The highest BCUT2D eigenvalue weighted by atomic mass is 35.5. The first-order valence-corrected chi connectivity index (χ1v) is 15.1. The molecule has 0 N–H and O–H groups in total. The van der Waals surface area contributed by atoms with Crippen LogP contribution in [0, 0.1) is 0 Å². The van der Waals surface area contributed by atoms with Gasteiger partial charge in [0, 0.05) is 5.57 Å². The van der Waals surface area contributed by atoms with E-state index in [-0.39, 0.29) is 0 Å². The van der Waals surface area contributed by atoms with Crippen LogP contribution in [0.15, 0.2) is 84.9 Å². The van der Waals surface area contributed by atoms with E-state index in [1.54, 1.807) is 0 Å². The van der Waals surface area contributed by atoms with Crippen LogP contribution in [0.3, 0.4) is 0 Å². The first-order chi connectivity index (χ1) is 18.7. The summed E-state index contributed by atoms with van der Waals surface area (Å²) in [6, 6.07) is 28.9. The zero-order valence-corrected chi connectivity index (χ0v) is 24.3. The Labute approximate surface area is 236 Å². The van der Waals surface area contributed by atoms with E-state index in [2.05, 4.69) is 79.4 Å². The third-order valence-electron chi connectivity index (χ3n) is 7.23. The molecule has 0 bridgehead atoms. The van der Waals surface area contributed by atoms with Crippen molar-refractivity contribution in [3.63, 3.8) is 0 Å². The van der Waals surface area contributed by atoms with Crippen molar-refractivity contribution in [2.24, 2.45) is 0 Å². The second-order valence-corrected chi connectivity index (χ2v) is 10.4. The zero-order valence-electron chi connectivity index (χ0n) is 23.5. The number of nitrogens with zero attached hydrogens (tertiary/aromatic N) is 1. The standard InChI is InChI=1S/C35H46ClNO/c1-3-37(4-2)28-18-10-8-6-5-7-9-11-19-29-38-33-26-24-31(25-27-33)34(30-20-14-12-15-21-30)35(36)32-22-16-13-17-23-32/h12-17,20-27H,3-11,18-19,28-29H2,1-2H3/b35-34-. The Hall–Kier alpha value is -2.55. The van der Waals surface area contributed by atoms with Crippen LogP contribution in [0.5, 0.6) is 5.75 Å². The molecular weight excluding hydrogens is 486 g/mol. The van der Waals surface area contributed by atoms with Gasteiger partial charge in [-0.15, -0.1) is 0 Å². The lowest BCUT2D eigenvalue weighted by atomic mass is 9.95. The minimum Gasteiger partial charge on any atom is -0.494 e. The van der Waals surface area contributed by atoms with Crippen molar-refractivity contribution in [3.05, 3.63) is 102 Å². The first kappa shape index (κ1) is 30.0. The number of hydrogen-bond donors (Lipinski definition) is 0. The average Bonchev–Trinajstić information content (AvgIpc) is 2.97. The predicted molar refractivity (Wildman–Crippen MR) is 166 cm³/mol. The number of hydrogen-bond acceptors (Lipinski definition) is 2. The summed E-state index contributed by atoms with van der Waals surface area (Å²) in [5.41, 5.74) is 4.25. The van der Waals surface area contributed by atoms with Gasteiger partial charge in [-0.05, 0) is 61.3 Å². The molecule has 2 nitrogen and oxygen atoms in total. The Morgan fingerprint density at radius 1 is 0.579 bits per heavy atom. The van der Waals surface area contributed by atoms with Crippen LogP contribution < -0.4 is 4.74 Å². The number of ether oxygens (including phenoxy) is 1. The summed E-state index contributed by atoms with van der Waals surface area (Å²) in [5.74, 6) is 0.918. The molecule has 3 aromatic carbocycles. The van der Waals surface area contributed by atoms with E-state index in [0.717, 1.165) is 46.1 Å². The van der Waals surface area contributed by atoms with Gasteiger partial charge >= 0.3 is 0 Å². The summed E-state index contributed by atoms with van der Waals surface area (Å²) in [6.45, 7) is 8.92. The van der Waals surface area contributed by atoms with Crippen molar-refractivity contribution in [1.82, 2.24) is 4.90 Å². The average molecular weight is 532 g/mol. The van der Waals surface area contributed by atoms with Crippen molar-refractivity contribution >= 4 is 22.2 Å². The first-order valence-electron chi connectivity index (χ1n) is 14.7. The summed E-state index contributed by atoms with van der Waals surface area (Å²) in [5, 5.41) is 0.755. The molecule has 0 aromatic heterocycles. The number of halogens is 1. The summed E-state index contributed by atoms with van der Waals surface area (Å²) in [7, 11) is 0. The molecule has 204 valence electrons. The molecule has 0 aliphatic rings. The third-order valence-corrected chi connectivity index (χ3v) is 7.64. The molecule has 38 heavy (non-hydrogen) atoms. The summed E-state index contributed by atoms with van der Waals surface area (Å²) < 4.78 is 6.05. The van der Waals surface area contributed by atoms with Gasteiger partial charge in [0.25, 0.3) is 0 Å². The molecule has 0 spiro atoms. The van der Waals surface area contributed by atoms with E-state index in [0.29, 0.717) is 0 Å². The molecule has 0 amide bonds. The fourth-order valence-electron chi connectivity index (χ4n) is 4.88. The molecule has 0 heterocycles. The van der Waals surface area contributed by atoms with Gasteiger partial charge in [0.15, 0.2) is 0 Å². The Morgan fingerprint density at radius 2 is 1.05 bits per heavy atom. The van der Waals surface area contributed by atoms with Crippen LogP contribution >= 0.6 is 11.6 Å². The SMILES string of the molecule is CCN(CC)CCCCCCCCCCCOc1ccc(/C(=C(\Cl)c2ccccc2)c2ccccc2)cc1. The molecule has 0 atom stereocenters. The molecule has 3 heteroatoms. The molecule has 3 aromatic rings. The van der Waals surface area contributed by atoms with E-state index in [4.69, 9.17) is 16.3 Å². The topological polar surface area (TPSA) is 12.5 Å². The van der Waals surface area contributed by atoms with Gasteiger partial charge < -0.3 is 9.64 Å². The fourth-order valence-corrected chi connectivity index (χ4v) is 5.22. The van der Waals surface area contributed by atoms with Gasteiger partial charge in [-0.2, -0.15) is 0 Å². The van der Waals surface area contributed by atoms with Gasteiger partial charge in [-0.25, -0.2) is 0 Å². The Kier molecular flexibility index (Phi) is 14.1. The third kappa shape index (κ3) is 10.3. The maximum atomic E-state index is 6.94. The lowest BCUT2D eigenvalue weighted by Crippen LogP contribution is -2.23. The van der Waals surface area contributed by atoms with Crippen molar-refractivity contribution in [1.29, 1.82) is 0 Å². The van der Waals surface area contributed by atoms with Gasteiger partial charge in [-0.1, -0.05) is 143 Å².